The van der Waals surface area contributed by atoms with Gasteiger partial charge in [0.15, 0.2) is 0 Å². The van der Waals surface area contributed by atoms with Crippen LogP contribution in [-0.4, -0.2) is 28.7 Å². The Morgan fingerprint density at radius 1 is 1.27 bits per heavy atom. The van der Waals surface area contributed by atoms with Crippen molar-refractivity contribution in [3.05, 3.63) is 71.2 Å². The molecule has 0 spiro atoms. The lowest BCUT2D eigenvalue weighted by atomic mass is 10.1. The van der Waals surface area contributed by atoms with E-state index in [-0.39, 0.29) is 11.5 Å². The van der Waals surface area contributed by atoms with Crippen molar-refractivity contribution in [2.45, 2.75) is 18.4 Å². The molecule has 2 heterocycles. The van der Waals surface area contributed by atoms with Crippen LogP contribution in [0.1, 0.15) is 27.2 Å². The first-order valence-corrected chi connectivity index (χ1v) is 9.33. The molecule has 0 aliphatic rings. The molecule has 0 unspecified atom stereocenters. The Balaban J connectivity index is 1.88. The van der Waals surface area contributed by atoms with Crippen LogP contribution in [0.2, 0.25) is 0 Å². The zero-order valence-corrected chi connectivity index (χ0v) is 15.7. The van der Waals surface area contributed by atoms with Crippen LogP contribution in [-0.2, 0) is 6.54 Å². The highest BCUT2D eigenvalue weighted by Gasteiger charge is 2.26. The Kier molecular flexibility index (Phi) is 5.19. The molecule has 1 aromatic carbocycles. The van der Waals surface area contributed by atoms with Gasteiger partial charge in [-0.3, -0.25) is 9.36 Å². The van der Waals surface area contributed by atoms with Crippen molar-refractivity contribution in [3.8, 4) is 12.0 Å². The van der Waals surface area contributed by atoms with Crippen molar-refractivity contribution in [1.29, 1.82) is 5.26 Å². The van der Waals surface area contributed by atoms with Gasteiger partial charge in [0.25, 0.3) is 5.91 Å². The molecular formula is C20H19N3O2S. The summed E-state index contributed by atoms with van der Waals surface area (Å²) in [6.45, 7) is 2.17. The highest BCUT2D eigenvalue weighted by molar-refractivity contribution is 7.98. The van der Waals surface area contributed by atoms with E-state index in [1.807, 2.05) is 42.7 Å². The molecular weight excluding hydrogens is 346 g/mol. The maximum atomic E-state index is 13.0. The van der Waals surface area contributed by atoms with Crippen LogP contribution in [0, 0.1) is 18.3 Å². The summed E-state index contributed by atoms with van der Waals surface area (Å²) in [7, 11) is 1.73. The van der Waals surface area contributed by atoms with E-state index in [0.29, 0.717) is 23.8 Å². The minimum absolute atomic E-state index is 0.227. The molecule has 0 bridgehead atoms. The summed E-state index contributed by atoms with van der Waals surface area (Å²) in [5.41, 5.74) is 1.61. The number of carbonyl (C=O) groups excluding carboxylic acids is 1. The predicted molar refractivity (Wildman–Crippen MR) is 102 cm³/mol. The van der Waals surface area contributed by atoms with Crippen LogP contribution in [0.3, 0.4) is 0 Å². The maximum Gasteiger partial charge on any atom is 0.258 e. The summed E-state index contributed by atoms with van der Waals surface area (Å²) in [4.78, 5) is 15.7. The number of aryl methyl sites for hydroxylation is 1. The number of hydrogen-bond acceptors (Lipinski definition) is 4. The molecule has 5 nitrogen and oxygen atoms in total. The van der Waals surface area contributed by atoms with Gasteiger partial charge in [-0.1, -0.05) is 12.1 Å². The van der Waals surface area contributed by atoms with Crippen LogP contribution >= 0.6 is 11.8 Å². The van der Waals surface area contributed by atoms with Gasteiger partial charge in [0.05, 0.1) is 0 Å². The highest BCUT2D eigenvalue weighted by atomic mass is 32.2. The Morgan fingerprint density at radius 2 is 1.92 bits per heavy atom. The Bertz CT molecular complexity index is 950. The summed E-state index contributed by atoms with van der Waals surface area (Å²) in [6, 6.07) is 13.9. The van der Waals surface area contributed by atoms with Crippen LogP contribution in [0.15, 0.2) is 58.1 Å². The summed E-state index contributed by atoms with van der Waals surface area (Å²) < 4.78 is 7.42. The lowest BCUT2D eigenvalue weighted by Crippen LogP contribution is -2.27. The van der Waals surface area contributed by atoms with Crippen molar-refractivity contribution in [2.24, 2.45) is 0 Å². The molecule has 26 heavy (non-hydrogen) atoms. The third-order valence-corrected chi connectivity index (χ3v) is 4.90. The van der Waals surface area contributed by atoms with E-state index in [1.54, 1.807) is 47.6 Å². The minimum atomic E-state index is -0.227. The molecule has 132 valence electrons. The molecule has 2 aromatic heterocycles. The van der Waals surface area contributed by atoms with Gasteiger partial charge in [-0.25, -0.2) is 0 Å². The molecule has 0 aliphatic carbocycles. The van der Waals surface area contributed by atoms with E-state index in [2.05, 4.69) is 6.07 Å². The number of furan rings is 1. The summed E-state index contributed by atoms with van der Waals surface area (Å²) in [6.07, 6.45) is 5.59. The second-order valence-electron chi connectivity index (χ2n) is 5.92. The quantitative estimate of drug-likeness (QED) is 0.634. The van der Waals surface area contributed by atoms with Gasteiger partial charge >= 0.3 is 0 Å². The fraction of sp³-hybridized carbons (Fsp3) is 0.200. The lowest BCUT2D eigenvalue weighted by Gasteiger charge is -2.17. The number of aromatic nitrogens is 1. The third-order valence-electron chi connectivity index (χ3n) is 4.16. The van der Waals surface area contributed by atoms with Gasteiger partial charge in [0, 0.05) is 30.9 Å². The fourth-order valence-electron chi connectivity index (χ4n) is 2.81. The highest BCUT2D eigenvalue weighted by Crippen LogP contribution is 2.27. The Hall–Kier alpha value is -2.91. The van der Waals surface area contributed by atoms with Gasteiger partial charge in [-0.15, -0.1) is 11.8 Å². The van der Waals surface area contributed by atoms with Gasteiger partial charge in [0.2, 0.25) is 5.88 Å². The normalized spacial score (nSPS) is 10.5. The van der Waals surface area contributed by atoms with Gasteiger partial charge in [0.1, 0.15) is 23.0 Å². The average Bonchev–Trinajstić information content (AvgIpc) is 3.29. The number of thioether (sulfide) groups is 1. The Labute approximate surface area is 156 Å². The molecule has 0 saturated heterocycles. The Morgan fingerprint density at radius 3 is 2.50 bits per heavy atom. The molecule has 0 saturated carbocycles. The first-order chi connectivity index (χ1) is 12.5. The van der Waals surface area contributed by atoms with Crippen LogP contribution in [0.25, 0.3) is 5.88 Å². The number of nitrogens with zero attached hydrogens (tertiary/aromatic N) is 3. The summed E-state index contributed by atoms with van der Waals surface area (Å²) >= 11 is 1.68. The summed E-state index contributed by atoms with van der Waals surface area (Å²) in [5.74, 6) is 0.589. The van der Waals surface area contributed by atoms with E-state index in [0.717, 1.165) is 5.56 Å². The topological polar surface area (TPSA) is 62.2 Å². The number of benzene rings is 1. The minimum Gasteiger partial charge on any atom is -0.443 e. The van der Waals surface area contributed by atoms with Crippen LogP contribution in [0.4, 0.5) is 0 Å². The van der Waals surface area contributed by atoms with E-state index in [9.17, 15) is 10.1 Å². The molecule has 0 aliphatic heterocycles. The second-order valence-corrected chi connectivity index (χ2v) is 6.80. The molecule has 1 amide bonds. The molecule has 6 heteroatoms. The van der Waals surface area contributed by atoms with E-state index < -0.39 is 0 Å². The largest absolute Gasteiger partial charge is 0.443 e. The molecule has 0 radical (unpaired) electrons. The first kappa shape index (κ1) is 17.9. The zero-order valence-electron chi connectivity index (χ0n) is 14.9. The third kappa shape index (κ3) is 3.39. The molecule has 0 atom stereocenters. The van der Waals surface area contributed by atoms with Gasteiger partial charge < -0.3 is 9.32 Å². The van der Waals surface area contributed by atoms with Crippen LogP contribution in [0.5, 0.6) is 0 Å². The van der Waals surface area contributed by atoms with Crippen LogP contribution < -0.4 is 0 Å². The molecule has 0 fully saturated rings. The lowest BCUT2D eigenvalue weighted by molar-refractivity contribution is 0.0783. The van der Waals surface area contributed by atoms with Gasteiger partial charge in [-0.05, 0) is 43.0 Å². The van der Waals surface area contributed by atoms with E-state index >= 15 is 0 Å². The monoisotopic (exact) mass is 365 g/mol. The number of nitriles is 1. The fourth-order valence-corrected chi connectivity index (χ4v) is 3.22. The van der Waals surface area contributed by atoms with Crippen molar-refractivity contribution in [2.75, 3.05) is 13.3 Å². The standard InChI is InChI=1S/C20H19N3O2S/c1-14-18(17(12-21)20(25-14)23-10-4-5-11-23)19(24)22(2)13-15-6-8-16(26-3)9-7-15/h4-11H,13H2,1-3H3. The number of amides is 1. The number of rotatable bonds is 5. The van der Waals surface area contributed by atoms with Crippen molar-refractivity contribution in [1.82, 2.24) is 9.47 Å². The van der Waals surface area contributed by atoms with Crippen molar-refractivity contribution < 1.29 is 9.21 Å². The number of hydrogen-bond donors (Lipinski definition) is 0. The van der Waals surface area contributed by atoms with E-state index in [1.165, 1.54) is 4.90 Å². The average molecular weight is 365 g/mol. The number of carbonyl (C=O) groups is 1. The SMILES string of the molecule is CSc1ccc(CN(C)C(=O)c2c(C)oc(-n3cccc3)c2C#N)cc1. The van der Waals surface area contributed by atoms with E-state index in [4.69, 9.17) is 4.42 Å². The van der Waals surface area contributed by atoms with Crippen molar-refractivity contribution >= 4 is 17.7 Å². The maximum absolute atomic E-state index is 13.0. The second kappa shape index (κ2) is 7.54. The predicted octanol–water partition coefficient (Wildman–Crippen LogP) is 4.24. The smallest absolute Gasteiger partial charge is 0.258 e. The molecule has 3 aromatic rings. The molecule has 0 N–H and O–H groups in total. The molecule has 3 rings (SSSR count). The van der Waals surface area contributed by atoms with Crippen molar-refractivity contribution in [3.63, 3.8) is 0 Å². The zero-order chi connectivity index (χ0) is 18.7. The summed E-state index contributed by atoms with van der Waals surface area (Å²) in [5, 5.41) is 9.59. The van der Waals surface area contributed by atoms with Gasteiger partial charge in [-0.2, -0.15) is 5.26 Å². The first-order valence-electron chi connectivity index (χ1n) is 8.10.